The van der Waals surface area contributed by atoms with Gasteiger partial charge in [-0.25, -0.2) is 0 Å². The summed E-state index contributed by atoms with van der Waals surface area (Å²) in [5.41, 5.74) is 1.19. The highest BCUT2D eigenvalue weighted by Gasteiger charge is 2.12. The maximum absolute atomic E-state index is 11.1. The molecule has 0 heterocycles. The number of rotatable bonds is 3. The summed E-state index contributed by atoms with van der Waals surface area (Å²) >= 11 is 11.5. The smallest absolute Gasteiger partial charge is 0.159 e. The van der Waals surface area contributed by atoms with Gasteiger partial charge in [0.15, 0.2) is 5.78 Å². The maximum Gasteiger partial charge on any atom is 0.159 e. The van der Waals surface area contributed by atoms with Gasteiger partial charge in [0.25, 0.3) is 0 Å². The zero-order valence-electron chi connectivity index (χ0n) is 7.88. The fourth-order valence-corrected chi connectivity index (χ4v) is 1.46. The standard InChI is InChI=1S/C10H10Cl2O2/c1-6(13)7-3-4-9(14-2)8(5-7)10(11)12/h3-5,10H,1-2H3. The van der Waals surface area contributed by atoms with E-state index in [-0.39, 0.29) is 5.78 Å². The Kier molecular flexibility index (Phi) is 3.78. The highest BCUT2D eigenvalue weighted by atomic mass is 35.5. The summed E-state index contributed by atoms with van der Waals surface area (Å²) < 4.78 is 5.06. The Balaban J connectivity index is 3.20. The number of ether oxygens (including phenoxy) is 1. The van der Waals surface area contributed by atoms with Gasteiger partial charge in [0.2, 0.25) is 0 Å². The molecular weight excluding hydrogens is 223 g/mol. The average molecular weight is 233 g/mol. The van der Waals surface area contributed by atoms with Gasteiger partial charge in [0, 0.05) is 11.1 Å². The van der Waals surface area contributed by atoms with Gasteiger partial charge in [-0.3, -0.25) is 4.79 Å². The van der Waals surface area contributed by atoms with Crippen molar-refractivity contribution in [2.75, 3.05) is 7.11 Å². The lowest BCUT2D eigenvalue weighted by Crippen LogP contribution is -1.97. The third kappa shape index (κ3) is 2.40. The molecule has 0 spiro atoms. The number of alkyl halides is 2. The first-order valence-corrected chi connectivity index (χ1v) is 4.90. The van der Waals surface area contributed by atoms with E-state index in [1.165, 1.54) is 14.0 Å². The maximum atomic E-state index is 11.1. The molecule has 0 saturated heterocycles. The Labute approximate surface area is 92.8 Å². The average Bonchev–Trinajstić information content (AvgIpc) is 2.16. The van der Waals surface area contributed by atoms with Crippen LogP contribution in [-0.2, 0) is 0 Å². The minimum atomic E-state index is -0.691. The lowest BCUT2D eigenvalue weighted by Gasteiger charge is -2.09. The molecule has 0 aliphatic heterocycles. The zero-order chi connectivity index (χ0) is 10.7. The van der Waals surface area contributed by atoms with Crippen LogP contribution in [0.2, 0.25) is 0 Å². The Hall–Kier alpha value is -0.730. The van der Waals surface area contributed by atoms with Crippen LogP contribution >= 0.6 is 23.2 Å². The van der Waals surface area contributed by atoms with Crippen molar-refractivity contribution in [3.05, 3.63) is 29.3 Å². The first kappa shape index (κ1) is 11.3. The molecule has 0 unspecified atom stereocenters. The van der Waals surface area contributed by atoms with E-state index >= 15 is 0 Å². The third-order valence-electron chi connectivity index (χ3n) is 1.87. The van der Waals surface area contributed by atoms with E-state index in [4.69, 9.17) is 27.9 Å². The number of benzene rings is 1. The predicted molar refractivity (Wildman–Crippen MR) is 57.4 cm³/mol. The normalized spacial score (nSPS) is 10.4. The summed E-state index contributed by atoms with van der Waals surface area (Å²) in [6, 6.07) is 5.01. The predicted octanol–water partition coefficient (Wildman–Crippen LogP) is 3.37. The van der Waals surface area contributed by atoms with E-state index in [1.807, 2.05) is 0 Å². The highest BCUT2D eigenvalue weighted by molar-refractivity contribution is 6.44. The molecule has 0 aliphatic rings. The van der Waals surface area contributed by atoms with Gasteiger partial charge in [-0.1, -0.05) is 23.2 Å². The van der Waals surface area contributed by atoms with Gasteiger partial charge in [0.05, 0.1) is 7.11 Å². The zero-order valence-corrected chi connectivity index (χ0v) is 9.39. The van der Waals surface area contributed by atoms with Crippen LogP contribution in [0.4, 0.5) is 0 Å². The van der Waals surface area contributed by atoms with Gasteiger partial charge in [0.1, 0.15) is 10.6 Å². The Morgan fingerprint density at radius 1 is 1.43 bits per heavy atom. The molecule has 0 saturated carbocycles. The molecule has 0 radical (unpaired) electrons. The number of hydrogen-bond donors (Lipinski definition) is 0. The molecule has 76 valence electrons. The van der Waals surface area contributed by atoms with Crippen LogP contribution in [-0.4, -0.2) is 12.9 Å². The van der Waals surface area contributed by atoms with E-state index < -0.39 is 4.84 Å². The van der Waals surface area contributed by atoms with Crippen molar-refractivity contribution >= 4 is 29.0 Å². The van der Waals surface area contributed by atoms with Crippen LogP contribution in [0.3, 0.4) is 0 Å². The highest BCUT2D eigenvalue weighted by Crippen LogP contribution is 2.33. The molecule has 2 nitrogen and oxygen atoms in total. The van der Waals surface area contributed by atoms with Gasteiger partial charge in [-0.15, -0.1) is 0 Å². The second-order valence-electron chi connectivity index (χ2n) is 2.81. The number of carbonyl (C=O) groups excluding carboxylic acids is 1. The SMILES string of the molecule is COc1ccc(C(C)=O)cc1C(Cl)Cl. The summed E-state index contributed by atoms with van der Waals surface area (Å²) in [5, 5.41) is 0. The van der Waals surface area contributed by atoms with Crippen molar-refractivity contribution in [3.63, 3.8) is 0 Å². The molecule has 0 bridgehead atoms. The summed E-state index contributed by atoms with van der Waals surface area (Å²) in [5.74, 6) is 0.563. The van der Waals surface area contributed by atoms with E-state index in [2.05, 4.69) is 0 Å². The van der Waals surface area contributed by atoms with Crippen molar-refractivity contribution in [2.24, 2.45) is 0 Å². The number of halogens is 2. The molecule has 14 heavy (non-hydrogen) atoms. The van der Waals surface area contributed by atoms with Crippen LogP contribution in [0.15, 0.2) is 18.2 Å². The van der Waals surface area contributed by atoms with Crippen LogP contribution in [0.1, 0.15) is 27.7 Å². The van der Waals surface area contributed by atoms with E-state index in [0.717, 1.165) is 0 Å². The monoisotopic (exact) mass is 232 g/mol. The van der Waals surface area contributed by atoms with Gasteiger partial charge in [-0.2, -0.15) is 0 Å². The van der Waals surface area contributed by atoms with Crippen molar-refractivity contribution in [1.82, 2.24) is 0 Å². The molecule has 1 aromatic carbocycles. The molecule has 1 aromatic rings. The van der Waals surface area contributed by atoms with E-state index in [0.29, 0.717) is 16.9 Å². The van der Waals surface area contributed by atoms with Gasteiger partial charge in [-0.05, 0) is 25.1 Å². The molecule has 0 fully saturated rings. The molecule has 0 aromatic heterocycles. The lowest BCUT2D eigenvalue weighted by atomic mass is 10.1. The number of methoxy groups -OCH3 is 1. The minimum absolute atomic E-state index is 0.0251. The van der Waals surface area contributed by atoms with Gasteiger partial charge >= 0.3 is 0 Å². The fourth-order valence-electron chi connectivity index (χ4n) is 1.12. The third-order valence-corrected chi connectivity index (χ3v) is 2.34. The Morgan fingerprint density at radius 3 is 2.50 bits per heavy atom. The van der Waals surface area contributed by atoms with Crippen molar-refractivity contribution in [1.29, 1.82) is 0 Å². The van der Waals surface area contributed by atoms with Crippen LogP contribution < -0.4 is 4.74 Å². The summed E-state index contributed by atoms with van der Waals surface area (Å²) in [4.78, 5) is 10.4. The molecule has 0 amide bonds. The molecule has 0 N–H and O–H groups in total. The minimum Gasteiger partial charge on any atom is -0.496 e. The molecule has 1 rings (SSSR count). The largest absolute Gasteiger partial charge is 0.496 e. The second kappa shape index (κ2) is 4.67. The van der Waals surface area contributed by atoms with Crippen molar-refractivity contribution in [2.45, 2.75) is 11.8 Å². The number of hydrogen-bond acceptors (Lipinski definition) is 2. The number of Topliss-reactive ketones (excluding diaryl/α,β-unsaturated/α-hetero) is 1. The molecule has 4 heteroatoms. The van der Waals surface area contributed by atoms with Crippen molar-refractivity contribution < 1.29 is 9.53 Å². The van der Waals surface area contributed by atoms with Crippen LogP contribution in [0.5, 0.6) is 5.75 Å². The quantitative estimate of drug-likeness (QED) is 0.590. The van der Waals surface area contributed by atoms with Crippen LogP contribution in [0.25, 0.3) is 0 Å². The van der Waals surface area contributed by atoms with Crippen molar-refractivity contribution in [3.8, 4) is 5.75 Å². The fraction of sp³-hybridized carbons (Fsp3) is 0.300. The topological polar surface area (TPSA) is 26.3 Å². The molecule has 0 aliphatic carbocycles. The van der Waals surface area contributed by atoms with E-state index in [1.54, 1.807) is 18.2 Å². The van der Waals surface area contributed by atoms with Crippen LogP contribution in [0, 0.1) is 0 Å². The number of carbonyl (C=O) groups is 1. The first-order chi connectivity index (χ1) is 6.56. The van der Waals surface area contributed by atoms with E-state index in [9.17, 15) is 4.79 Å². The number of ketones is 1. The second-order valence-corrected chi connectivity index (χ2v) is 3.91. The summed E-state index contributed by atoms with van der Waals surface area (Å²) in [6.07, 6.45) is 0. The summed E-state index contributed by atoms with van der Waals surface area (Å²) in [6.45, 7) is 1.49. The Morgan fingerprint density at radius 2 is 2.07 bits per heavy atom. The molecule has 0 atom stereocenters. The summed E-state index contributed by atoms with van der Waals surface area (Å²) in [7, 11) is 1.53. The Bertz CT molecular complexity index is 348. The van der Waals surface area contributed by atoms with Gasteiger partial charge < -0.3 is 4.74 Å². The molecular formula is C10H10Cl2O2. The lowest BCUT2D eigenvalue weighted by molar-refractivity contribution is 0.101. The first-order valence-electron chi connectivity index (χ1n) is 4.03.